The third kappa shape index (κ3) is 3.76. The highest BCUT2D eigenvalue weighted by atomic mass is 16.3. The Kier molecular flexibility index (Phi) is 5.25. The Morgan fingerprint density at radius 2 is 1.93 bits per heavy atom. The van der Waals surface area contributed by atoms with Gasteiger partial charge in [-0.25, -0.2) is 0 Å². The van der Waals surface area contributed by atoms with Crippen LogP contribution in [0.15, 0.2) is 53.1 Å². The first-order valence-corrected chi connectivity index (χ1v) is 9.66. The van der Waals surface area contributed by atoms with Crippen LogP contribution in [0.4, 0.5) is 5.69 Å². The van der Waals surface area contributed by atoms with Crippen LogP contribution in [0.2, 0.25) is 0 Å². The van der Waals surface area contributed by atoms with E-state index in [1.54, 1.807) is 11.2 Å². The Balaban J connectivity index is 1.45. The van der Waals surface area contributed by atoms with E-state index in [1.165, 1.54) is 12.8 Å². The maximum Gasteiger partial charge on any atom is 0.243 e. The third-order valence-corrected chi connectivity index (χ3v) is 5.47. The maximum atomic E-state index is 12.9. The summed E-state index contributed by atoms with van der Waals surface area (Å²) in [6, 6.07) is 12.9. The van der Waals surface area contributed by atoms with Crippen molar-refractivity contribution in [3.05, 3.63) is 54.5 Å². The molecule has 27 heavy (non-hydrogen) atoms. The predicted molar refractivity (Wildman–Crippen MR) is 102 cm³/mol. The second-order valence-electron chi connectivity index (χ2n) is 7.17. The van der Waals surface area contributed by atoms with Crippen molar-refractivity contribution in [2.45, 2.75) is 37.8 Å². The van der Waals surface area contributed by atoms with E-state index in [1.807, 2.05) is 42.5 Å². The molecule has 2 atom stereocenters. The van der Waals surface area contributed by atoms with Crippen molar-refractivity contribution in [2.75, 3.05) is 24.5 Å². The number of amides is 2. The normalized spacial score (nSPS) is 21.6. The van der Waals surface area contributed by atoms with E-state index in [0.29, 0.717) is 19.4 Å². The summed E-state index contributed by atoms with van der Waals surface area (Å²) in [6.45, 7) is 2.51. The Bertz CT molecular complexity index is 769. The van der Waals surface area contributed by atoms with Gasteiger partial charge in [-0.05, 0) is 56.6 Å². The average molecular weight is 367 g/mol. The van der Waals surface area contributed by atoms with Gasteiger partial charge in [0.25, 0.3) is 0 Å². The van der Waals surface area contributed by atoms with Crippen LogP contribution in [0.25, 0.3) is 0 Å². The number of likely N-dealkylation sites (tertiary alicyclic amines) is 1. The summed E-state index contributed by atoms with van der Waals surface area (Å²) < 4.78 is 5.62. The first kappa shape index (κ1) is 17.8. The third-order valence-electron chi connectivity index (χ3n) is 5.47. The van der Waals surface area contributed by atoms with Crippen molar-refractivity contribution in [3.63, 3.8) is 0 Å². The minimum absolute atomic E-state index is 0.00322. The van der Waals surface area contributed by atoms with Crippen molar-refractivity contribution in [3.8, 4) is 0 Å². The fourth-order valence-corrected chi connectivity index (χ4v) is 4.10. The van der Waals surface area contributed by atoms with Gasteiger partial charge in [-0.1, -0.05) is 18.2 Å². The summed E-state index contributed by atoms with van der Waals surface area (Å²) in [5, 5.41) is 3.08. The molecule has 2 aromatic rings. The minimum atomic E-state index is -0.448. The molecule has 1 N–H and O–H groups in total. The van der Waals surface area contributed by atoms with Gasteiger partial charge in [0, 0.05) is 18.7 Å². The van der Waals surface area contributed by atoms with Crippen LogP contribution in [0.5, 0.6) is 0 Å². The van der Waals surface area contributed by atoms with Gasteiger partial charge in [-0.3, -0.25) is 19.4 Å². The van der Waals surface area contributed by atoms with Crippen molar-refractivity contribution >= 4 is 17.5 Å². The van der Waals surface area contributed by atoms with E-state index in [0.717, 1.165) is 24.5 Å². The summed E-state index contributed by atoms with van der Waals surface area (Å²) in [6.07, 6.45) is 4.97. The summed E-state index contributed by atoms with van der Waals surface area (Å²) in [5.74, 6) is 0.781. The molecule has 2 aliphatic heterocycles. The molecule has 6 nitrogen and oxygen atoms in total. The SMILES string of the molecule is O=C(NCC(c1ccco1)N1CCCC1)C1CCC(=O)N1c1ccccc1. The van der Waals surface area contributed by atoms with E-state index in [4.69, 9.17) is 4.42 Å². The number of hydrogen-bond donors (Lipinski definition) is 1. The molecule has 1 aromatic carbocycles. The Hall–Kier alpha value is -2.60. The maximum absolute atomic E-state index is 12.9. The molecule has 0 radical (unpaired) electrons. The zero-order valence-corrected chi connectivity index (χ0v) is 15.3. The first-order valence-electron chi connectivity index (χ1n) is 9.66. The number of furan rings is 1. The minimum Gasteiger partial charge on any atom is -0.468 e. The van der Waals surface area contributed by atoms with Crippen LogP contribution in [-0.2, 0) is 9.59 Å². The van der Waals surface area contributed by atoms with Crippen LogP contribution < -0.4 is 10.2 Å². The monoisotopic (exact) mass is 367 g/mol. The number of benzene rings is 1. The van der Waals surface area contributed by atoms with E-state index in [2.05, 4.69) is 10.2 Å². The van der Waals surface area contributed by atoms with Crippen LogP contribution in [0.1, 0.15) is 37.5 Å². The smallest absolute Gasteiger partial charge is 0.243 e. The van der Waals surface area contributed by atoms with Gasteiger partial charge < -0.3 is 9.73 Å². The number of carbonyl (C=O) groups excluding carboxylic acids is 2. The highest BCUT2D eigenvalue weighted by Gasteiger charge is 2.37. The largest absolute Gasteiger partial charge is 0.468 e. The summed E-state index contributed by atoms with van der Waals surface area (Å²) in [4.78, 5) is 29.2. The fourth-order valence-electron chi connectivity index (χ4n) is 4.10. The second-order valence-corrected chi connectivity index (χ2v) is 7.17. The van der Waals surface area contributed by atoms with E-state index < -0.39 is 6.04 Å². The van der Waals surface area contributed by atoms with Gasteiger partial charge in [-0.15, -0.1) is 0 Å². The van der Waals surface area contributed by atoms with E-state index in [9.17, 15) is 9.59 Å². The molecule has 3 heterocycles. The van der Waals surface area contributed by atoms with E-state index in [-0.39, 0.29) is 17.9 Å². The Labute approximate surface area is 159 Å². The molecule has 1 aromatic heterocycles. The molecule has 0 bridgehead atoms. The van der Waals surface area contributed by atoms with Crippen molar-refractivity contribution < 1.29 is 14.0 Å². The lowest BCUT2D eigenvalue weighted by molar-refractivity contribution is -0.124. The number of anilines is 1. The number of nitrogens with one attached hydrogen (secondary N) is 1. The standard InChI is InChI=1S/C21H25N3O3/c25-20-11-10-17(24(20)16-7-2-1-3-8-16)21(26)22-15-18(19-9-6-14-27-19)23-12-4-5-13-23/h1-3,6-9,14,17-18H,4-5,10-13,15H2,(H,22,26). The quantitative estimate of drug-likeness (QED) is 0.853. The van der Waals surface area contributed by atoms with Crippen molar-refractivity contribution in [1.29, 1.82) is 0 Å². The molecule has 142 valence electrons. The molecule has 2 unspecified atom stereocenters. The van der Waals surface area contributed by atoms with Gasteiger partial charge in [-0.2, -0.15) is 0 Å². The van der Waals surface area contributed by atoms with Gasteiger partial charge in [0.05, 0.1) is 12.3 Å². The lowest BCUT2D eigenvalue weighted by Crippen LogP contribution is -2.47. The molecule has 0 spiro atoms. The van der Waals surface area contributed by atoms with Crippen molar-refractivity contribution in [1.82, 2.24) is 10.2 Å². The lowest BCUT2D eigenvalue weighted by Gasteiger charge is -2.28. The highest BCUT2D eigenvalue weighted by molar-refractivity contribution is 6.03. The zero-order valence-electron chi connectivity index (χ0n) is 15.3. The molecule has 0 aliphatic carbocycles. The molecule has 0 saturated carbocycles. The predicted octanol–water partition coefficient (Wildman–Crippen LogP) is 2.73. The number of nitrogens with zero attached hydrogens (tertiary/aromatic N) is 2. The molecule has 2 saturated heterocycles. The Morgan fingerprint density at radius 3 is 2.63 bits per heavy atom. The summed E-state index contributed by atoms with van der Waals surface area (Å²) in [5.41, 5.74) is 0.780. The molecule has 6 heteroatoms. The lowest BCUT2D eigenvalue weighted by atomic mass is 10.1. The molecule has 2 fully saturated rings. The number of hydrogen-bond acceptors (Lipinski definition) is 4. The molecular weight excluding hydrogens is 342 g/mol. The van der Waals surface area contributed by atoms with Crippen LogP contribution >= 0.6 is 0 Å². The van der Waals surface area contributed by atoms with Gasteiger partial charge >= 0.3 is 0 Å². The van der Waals surface area contributed by atoms with Crippen LogP contribution in [0, 0.1) is 0 Å². The first-order chi connectivity index (χ1) is 13.2. The molecule has 2 aliphatic rings. The highest BCUT2D eigenvalue weighted by Crippen LogP contribution is 2.28. The van der Waals surface area contributed by atoms with E-state index >= 15 is 0 Å². The molecule has 4 rings (SSSR count). The van der Waals surface area contributed by atoms with Gasteiger partial charge in [0.2, 0.25) is 11.8 Å². The fraction of sp³-hybridized carbons (Fsp3) is 0.429. The average Bonchev–Trinajstić information content (AvgIpc) is 3.45. The molecule has 2 amide bonds. The second kappa shape index (κ2) is 7.96. The number of carbonyl (C=O) groups is 2. The van der Waals surface area contributed by atoms with Crippen LogP contribution in [0.3, 0.4) is 0 Å². The van der Waals surface area contributed by atoms with Crippen molar-refractivity contribution in [2.24, 2.45) is 0 Å². The van der Waals surface area contributed by atoms with Gasteiger partial charge in [0.1, 0.15) is 11.8 Å². The summed E-state index contributed by atoms with van der Waals surface area (Å²) in [7, 11) is 0. The zero-order chi connectivity index (χ0) is 18.6. The topological polar surface area (TPSA) is 65.8 Å². The van der Waals surface area contributed by atoms with Crippen LogP contribution in [-0.4, -0.2) is 42.4 Å². The number of rotatable bonds is 6. The number of para-hydroxylation sites is 1. The Morgan fingerprint density at radius 1 is 1.15 bits per heavy atom. The molecular formula is C21H25N3O3. The van der Waals surface area contributed by atoms with Gasteiger partial charge in [0.15, 0.2) is 0 Å². The summed E-state index contributed by atoms with van der Waals surface area (Å²) >= 11 is 0.